The largest absolute Gasteiger partial charge is 0.378 e. The van der Waals surface area contributed by atoms with Crippen molar-refractivity contribution in [3.8, 4) is 0 Å². The van der Waals surface area contributed by atoms with E-state index in [4.69, 9.17) is 11.6 Å². The molecule has 38 heavy (non-hydrogen) atoms. The number of likely N-dealkylation sites (N-methyl/N-ethyl adjacent to an activating group) is 1. The molecule has 2 amide bonds. The van der Waals surface area contributed by atoms with E-state index in [0.29, 0.717) is 17.3 Å². The Morgan fingerprint density at radius 3 is 2.58 bits per heavy atom. The zero-order chi connectivity index (χ0) is 27.6. The van der Waals surface area contributed by atoms with Gasteiger partial charge in [0.25, 0.3) is 5.91 Å². The number of likely N-dealkylation sites (tertiary alicyclic amines) is 1. The number of aromatic nitrogens is 1. The van der Waals surface area contributed by atoms with E-state index in [1.165, 1.54) is 6.20 Å². The van der Waals surface area contributed by atoms with Crippen LogP contribution in [0.2, 0.25) is 5.02 Å². The van der Waals surface area contributed by atoms with Gasteiger partial charge in [0.05, 0.1) is 17.0 Å². The van der Waals surface area contributed by atoms with Crippen LogP contribution < -0.4 is 5.32 Å². The van der Waals surface area contributed by atoms with Crippen molar-refractivity contribution >= 4 is 29.1 Å². The maximum absolute atomic E-state index is 13.9. The van der Waals surface area contributed by atoms with Gasteiger partial charge in [-0.3, -0.25) is 9.59 Å². The number of allylic oxidation sites excluding steroid dienone is 2. The molecule has 1 aromatic carbocycles. The molecule has 2 aliphatic rings. The number of hydrogen-bond donors (Lipinski definition) is 1. The molecular weight excluding hydrogens is 496 g/mol. The lowest BCUT2D eigenvalue weighted by Crippen LogP contribution is -2.55. The van der Waals surface area contributed by atoms with E-state index in [1.807, 2.05) is 44.1 Å². The van der Waals surface area contributed by atoms with Crippen molar-refractivity contribution in [2.24, 2.45) is 11.8 Å². The number of nitrogens with zero attached hydrogens (tertiary/aromatic N) is 3. The molecule has 6 nitrogen and oxygen atoms in total. The van der Waals surface area contributed by atoms with Gasteiger partial charge >= 0.3 is 0 Å². The summed E-state index contributed by atoms with van der Waals surface area (Å²) in [4.78, 5) is 36.1. The predicted octanol–water partition coefficient (Wildman–Crippen LogP) is 6.22. The average Bonchev–Trinajstić information content (AvgIpc) is 2.87. The van der Waals surface area contributed by atoms with Crippen LogP contribution in [0.5, 0.6) is 0 Å². The molecule has 0 bridgehead atoms. The molecule has 7 heteroatoms. The van der Waals surface area contributed by atoms with Crippen LogP contribution in [-0.2, 0) is 10.2 Å². The Morgan fingerprint density at radius 2 is 1.95 bits per heavy atom. The Hall–Kier alpha value is -3.12. The number of carbonyl (C=O) groups excluding carboxylic acids is 2. The minimum atomic E-state index is -0.345. The fourth-order valence-electron chi connectivity index (χ4n) is 5.48. The minimum absolute atomic E-state index is 0.0206. The van der Waals surface area contributed by atoms with Gasteiger partial charge in [0.1, 0.15) is 5.69 Å². The normalized spacial score (nSPS) is 21.6. The lowest BCUT2D eigenvalue weighted by molar-refractivity contribution is -0.123. The fourth-order valence-corrected chi connectivity index (χ4v) is 5.69. The van der Waals surface area contributed by atoms with Crippen molar-refractivity contribution in [2.45, 2.75) is 58.4 Å². The molecular formula is C31H39ClN4O2. The van der Waals surface area contributed by atoms with Crippen molar-refractivity contribution in [3.05, 3.63) is 82.3 Å². The Morgan fingerprint density at radius 1 is 1.18 bits per heavy atom. The van der Waals surface area contributed by atoms with Crippen molar-refractivity contribution in [2.75, 3.05) is 26.0 Å². The van der Waals surface area contributed by atoms with Gasteiger partial charge in [0.15, 0.2) is 0 Å². The Labute approximate surface area is 231 Å². The molecule has 0 spiro atoms. The molecule has 2 heterocycles. The van der Waals surface area contributed by atoms with Crippen molar-refractivity contribution < 1.29 is 9.59 Å². The summed E-state index contributed by atoms with van der Waals surface area (Å²) in [5, 5.41) is 3.68. The highest BCUT2D eigenvalue weighted by atomic mass is 35.5. The monoisotopic (exact) mass is 534 g/mol. The van der Waals surface area contributed by atoms with Gasteiger partial charge < -0.3 is 15.1 Å². The van der Waals surface area contributed by atoms with Crippen LogP contribution in [0.4, 0.5) is 5.69 Å². The molecule has 2 unspecified atom stereocenters. The Balaban J connectivity index is 1.66. The van der Waals surface area contributed by atoms with Crippen molar-refractivity contribution in [3.63, 3.8) is 0 Å². The van der Waals surface area contributed by atoms with E-state index >= 15 is 0 Å². The van der Waals surface area contributed by atoms with E-state index in [2.05, 4.69) is 60.3 Å². The Bertz CT molecular complexity index is 1260. The second-order valence-corrected chi connectivity index (χ2v) is 12.1. The third kappa shape index (κ3) is 6.12. The highest BCUT2D eigenvalue weighted by molar-refractivity contribution is 6.30. The lowest BCUT2D eigenvalue weighted by Gasteiger charge is -2.44. The lowest BCUT2D eigenvalue weighted by atomic mass is 9.77. The van der Waals surface area contributed by atoms with Gasteiger partial charge in [-0.2, -0.15) is 0 Å². The van der Waals surface area contributed by atoms with Crippen LogP contribution in [0.1, 0.15) is 61.6 Å². The summed E-state index contributed by atoms with van der Waals surface area (Å²) in [6, 6.07) is 9.53. The number of amides is 2. The van der Waals surface area contributed by atoms with Gasteiger partial charge in [0, 0.05) is 44.1 Å². The molecule has 1 fully saturated rings. The third-order valence-corrected chi connectivity index (χ3v) is 7.80. The van der Waals surface area contributed by atoms with E-state index < -0.39 is 0 Å². The van der Waals surface area contributed by atoms with Crippen LogP contribution in [0.25, 0.3) is 0 Å². The van der Waals surface area contributed by atoms with Crippen LogP contribution in [0, 0.1) is 18.8 Å². The molecule has 2 aromatic rings. The number of anilines is 1. The summed E-state index contributed by atoms with van der Waals surface area (Å²) in [6.45, 7) is 8.92. The number of pyridine rings is 1. The third-order valence-electron chi connectivity index (χ3n) is 7.60. The number of nitrogens with one attached hydrogen (secondary N) is 1. The Kier molecular flexibility index (Phi) is 8.31. The summed E-state index contributed by atoms with van der Waals surface area (Å²) in [6.07, 6.45) is 10.2. The number of benzene rings is 1. The first-order chi connectivity index (χ1) is 18.0. The molecule has 3 atom stereocenters. The summed E-state index contributed by atoms with van der Waals surface area (Å²) < 4.78 is 0. The molecule has 202 valence electrons. The average molecular weight is 535 g/mol. The summed E-state index contributed by atoms with van der Waals surface area (Å²) in [5.41, 5.74) is 4.18. The summed E-state index contributed by atoms with van der Waals surface area (Å²) in [5.74, 6) is -0.517. The molecule has 0 saturated carbocycles. The van der Waals surface area contributed by atoms with E-state index in [-0.39, 0.29) is 35.1 Å². The van der Waals surface area contributed by atoms with Crippen molar-refractivity contribution in [1.29, 1.82) is 0 Å². The first-order valence-electron chi connectivity index (χ1n) is 13.4. The zero-order valence-corrected chi connectivity index (χ0v) is 24.0. The number of carbonyl (C=O) groups is 2. The predicted molar refractivity (Wildman–Crippen MR) is 154 cm³/mol. The van der Waals surface area contributed by atoms with E-state index in [9.17, 15) is 9.59 Å². The topological polar surface area (TPSA) is 65.5 Å². The van der Waals surface area contributed by atoms with Gasteiger partial charge in [-0.1, -0.05) is 56.7 Å². The molecule has 1 saturated heterocycles. The summed E-state index contributed by atoms with van der Waals surface area (Å²) >= 11 is 6.12. The maximum Gasteiger partial charge on any atom is 0.273 e. The zero-order valence-electron chi connectivity index (χ0n) is 23.3. The van der Waals surface area contributed by atoms with Crippen LogP contribution >= 0.6 is 11.6 Å². The van der Waals surface area contributed by atoms with Gasteiger partial charge in [-0.25, -0.2) is 4.98 Å². The van der Waals surface area contributed by atoms with Crippen LogP contribution in [-0.4, -0.2) is 53.3 Å². The van der Waals surface area contributed by atoms with Gasteiger partial charge in [-0.15, -0.1) is 0 Å². The molecule has 1 aliphatic heterocycles. The van der Waals surface area contributed by atoms with Crippen LogP contribution in [0.3, 0.4) is 0 Å². The molecule has 1 aliphatic carbocycles. The molecule has 1 N–H and O–H groups in total. The first kappa shape index (κ1) is 27.9. The number of hydrogen-bond acceptors (Lipinski definition) is 4. The number of piperidine rings is 1. The molecule has 1 aromatic heterocycles. The highest BCUT2D eigenvalue weighted by Crippen LogP contribution is 2.36. The highest BCUT2D eigenvalue weighted by Gasteiger charge is 2.43. The minimum Gasteiger partial charge on any atom is -0.378 e. The molecule has 4 rings (SSSR count). The number of halogens is 1. The van der Waals surface area contributed by atoms with Crippen molar-refractivity contribution in [1.82, 2.24) is 14.8 Å². The fraction of sp³-hybridized carbons (Fsp3) is 0.452. The second-order valence-electron chi connectivity index (χ2n) is 11.7. The van der Waals surface area contributed by atoms with E-state index in [0.717, 1.165) is 41.8 Å². The standard InChI is InChI=1S/C31H39ClN4O2/c1-20-17-23(32)19-33-27(20)30(38)36-16-8-11-26(28(36)21-12-14-25(15-13-21)35(5)6)29(37)34-24-10-7-9-22(18-24)31(2,3)4/h7,9-10,12,14-15,17-19,21,26,28H,8,11,13,16H2,1-6H3,(H,34,37)/t21?,26?,28-/m0/s1. The molecule has 0 radical (unpaired) electrons. The van der Waals surface area contributed by atoms with Crippen LogP contribution in [0.15, 0.2) is 60.5 Å². The smallest absolute Gasteiger partial charge is 0.273 e. The quantitative estimate of drug-likeness (QED) is 0.494. The van der Waals surface area contributed by atoms with Gasteiger partial charge in [0.2, 0.25) is 5.91 Å². The summed E-state index contributed by atoms with van der Waals surface area (Å²) in [7, 11) is 4.04. The van der Waals surface area contributed by atoms with E-state index in [1.54, 1.807) is 6.07 Å². The van der Waals surface area contributed by atoms with Gasteiger partial charge in [-0.05, 0) is 67.0 Å². The maximum atomic E-state index is 13.9. The number of rotatable bonds is 5. The second kappa shape index (κ2) is 11.3. The number of aryl methyl sites for hydroxylation is 1. The SMILES string of the molecule is Cc1cc(Cl)cnc1C(=O)N1CCCC(C(=O)Nc2cccc(C(C)(C)C)c2)[C@@H]1C1C=CC(N(C)C)=CC1. The first-order valence-corrected chi connectivity index (χ1v) is 13.7.